The Hall–Kier alpha value is -2.02. The Morgan fingerprint density at radius 2 is 2.00 bits per heavy atom. The highest BCUT2D eigenvalue weighted by Crippen LogP contribution is 2.27. The van der Waals surface area contributed by atoms with E-state index in [2.05, 4.69) is 10.2 Å². The number of rotatable bonds is 7. The van der Waals surface area contributed by atoms with E-state index >= 15 is 0 Å². The van der Waals surface area contributed by atoms with Crippen molar-refractivity contribution in [2.45, 2.75) is 25.5 Å². The largest absolute Gasteiger partial charge is 0.497 e. The minimum Gasteiger partial charge on any atom is -0.497 e. The van der Waals surface area contributed by atoms with E-state index in [1.165, 1.54) is 0 Å². The van der Waals surface area contributed by atoms with Crippen LogP contribution in [0, 0.1) is 0 Å². The monoisotopic (exact) mass is 420 g/mol. The lowest BCUT2D eigenvalue weighted by atomic mass is 10.1. The van der Waals surface area contributed by atoms with E-state index in [1.807, 2.05) is 42.5 Å². The van der Waals surface area contributed by atoms with Gasteiger partial charge in [0.05, 0.1) is 20.3 Å². The Labute approximate surface area is 176 Å². The maximum absolute atomic E-state index is 5.98. The zero-order chi connectivity index (χ0) is 19.9. The van der Waals surface area contributed by atoms with Gasteiger partial charge in [0.1, 0.15) is 11.5 Å². The summed E-state index contributed by atoms with van der Waals surface area (Å²) in [6.07, 6.45) is 2.30. The average Bonchev–Trinajstić information content (AvgIpc) is 3.22. The van der Waals surface area contributed by atoms with Crippen molar-refractivity contribution < 1.29 is 14.2 Å². The average molecular weight is 421 g/mol. The van der Waals surface area contributed by atoms with Crippen LogP contribution in [0.1, 0.15) is 18.4 Å². The van der Waals surface area contributed by atoms with Crippen molar-refractivity contribution in [2.75, 3.05) is 32.7 Å². The highest BCUT2D eigenvalue weighted by atomic mass is 35.5. The minimum atomic E-state index is 0.175. The van der Waals surface area contributed by atoms with Crippen molar-refractivity contribution in [2.24, 2.45) is 0 Å². The fourth-order valence-corrected chi connectivity index (χ4v) is 3.56. The van der Waals surface area contributed by atoms with E-state index in [9.17, 15) is 0 Å². The quantitative estimate of drug-likeness (QED) is 0.653. The van der Waals surface area contributed by atoms with Crippen LogP contribution in [0.15, 0.2) is 42.5 Å². The van der Waals surface area contributed by atoms with Gasteiger partial charge < -0.3 is 24.4 Å². The summed E-state index contributed by atoms with van der Waals surface area (Å²) < 4.78 is 16.7. The van der Waals surface area contributed by atoms with Gasteiger partial charge in [-0.1, -0.05) is 11.6 Å². The number of hydrogen-bond donors (Lipinski definition) is 1. The van der Waals surface area contributed by atoms with Crippen molar-refractivity contribution in [3.8, 4) is 11.5 Å². The zero-order valence-electron chi connectivity index (χ0n) is 16.1. The predicted molar refractivity (Wildman–Crippen MR) is 117 cm³/mol. The molecule has 28 heavy (non-hydrogen) atoms. The van der Waals surface area contributed by atoms with E-state index in [0.717, 1.165) is 42.2 Å². The van der Waals surface area contributed by atoms with Gasteiger partial charge in [0.25, 0.3) is 0 Å². The maximum Gasteiger partial charge on any atom is 0.173 e. The molecule has 0 bridgehead atoms. The molecule has 1 aliphatic rings. The molecule has 1 aliphatic heterocycles. The number of methoxy groups -OCH3 is 2. The molecular formula is C21H25ClN2O3S. The summed E-state index contributed by atoms with van der Waals surface area (Å²) >= 11 is 11.7. The number of nitrogens with one attached hydrogen (secondary N) is 1. The molecule has 0 radical (unpaired) electrons. The second kappa shape index (κ2) is 9.96. The van der Waals surface area contributed by atoms with E-state index in [-0.39, 0.29) is 6.10 Å². The van der Waals surface area contributed by atoms with Gasteiger partial charge in [-0.25, -0.2) is 0 Å². The second-order valence-corrected chi connectivity index (χ2v) is 7.45. The number of halogens is 1. The minimum absolute atomic E-state index is 0.175. The van der Waals surface area contributed by atoms with Gasteiger partial charge in [0, 0.05) is 42.0 Å². The molecule has 5 nitrogen and oxygen atoms in total. The molecule has 1 N–H and O–H groups in total. The summed E-state index contributed by atoms with van der Waals surface area (Å²) in [5.41, 5.74) is 1.93. The van der Waals surface area contributed by atoms with Gasteiger partial charge in [-0.2, -0.15) is 0 Å². The van der Waals surface area contributed by atoms with Gasteiger partial charge in [0.15, 0.2) is 5.11 Å². The zero-order valence-corrected chi connectivity index (χ0v) is 17.7. The van der Waals surface area contributed by atoms with Gasteiger partial charge in [0.2, 0.25) is 0 Å². The highest BCUT2D eigenvalue weighted by molar-refractivity contribution is 7.80. The first-order valence-electron chi connectivity index (χ1n) is 9.23. The lowest BCUT2D eigenvalue weighted by molar-refractivity contribution is 0.0903. The molecule has 0 amide bonds. The topological polar surface area (TPSA) is 43.0 Å². The Bertz CT molecular complexity index is 795. The SMILES string of the molecule is COc1ccc(CN(CC2CCCO2)C(=S)Nc2ccc(Cl)cc2)c(OC)c1. The molecule has 0 saturated carbocycles. The Morgan fingerprint density at radius 1 is 1.21 bits per heavy atom. The molecule has 1 atom stereocenters. The lowest BCUT2D eigenvalue weighted by Gasteiger charge is -2.29. The Balaban J connectivity index is 1.78. The third-order valence-electron chi connectivity index (χ3n) is 4.69. The highest BCUT2D eigenvalue weighted by Gasteiger charge is 2.22. The van der Waals surface area contributed by atoms with Crippen molar-refractivity contribution >= 4 is 34.6 Å². The molecule has 2 aromatic rings. The predicted octanol–water partition coefficient (Wildman–Crippen LogP) is 4.74. The summed E-state index contributed by atoms with van der Waals surface area (Å²) in [6, 6.07) is 13.3. The number of thiocarbonyl (C=S) groups is 1. The van der Waals surface area contributed by atoms with Crippen LogP contribution in [0.25, 0.3) is 0 Å². The number of benzene rings is 2. The van der Waals surface area contributed by atoms with Gasteiger partial charge in [-0.3, -0.25) is 0 Å². The number of nitrogens with zero attached hydrogens (tertiary/aromatic N) is 1. The van der Waals surface area contributed by atoms with Gasteiger partial charge in [-0.05, 0) is 61.5 Å². The van der Waals surface area contributed by atoms with Crippen molar-refractivity contribution in [1.82, 2.24) is 4.90 Å². The molecule has 1 saturated heterocycles. The molecule has 0 spiro atoms. The lowest BCUT2D eigenvalue weighted by Crippen LogP contribution is -2.39. The van der Waals surface area contributed by atoms with E-state index in [4.69, 9.17) is 38.0 Å². The van der Waals surface area contributed by atoms with Crippen LogP contribution in [0.3, 0.4) is 0 Å². The molecule has 1 fully saturated rings. The summed E-state index contributed by atoms with van der Waals surface area (Å²) in [6.45, 7) is 2.13. The van der Waals surface area contributed by atoms with E-state index < -0.39 is 0 Å². The first kappa shape index (κ1) is 20.7. The van der Waals surface area contributed by atoms with Crippen LogP contribution >= 0.6 is 23.8 Å². The van der Waals surface area contributed by atoms with Crippen LogP contribution < -0.4 is 14.8 Å². The van der Waals surface area contributed by atoms with E-state index in [1.54, 1.807) is 14.2 Å². The van der Waals surface area contributed by atoms with Gasteiger partial charge in [-0.15, -0.1) is 0 Å². The molecule has 1 heterocycles. The second-order valence-electron chi connectivity index (χ2n) is 6.63. The molecule has 7 heteroatoms. The maximum atomic E-state index is 5.98. The van der Waals surface area contributed by atoms with E-state index in [0.29, 0.717) is 23.2 Å². The number of hydrogen-bond acceptors (Lipinski definition) is 4. The van der Waals surface area contributed by atoms with Crippen molar-refractivity contribution in [1.29, 1.82) is 0 Å². The normalized spacial score (nSPS) is 15.9. The molecule has 2 aromatic carbocycles. The molecule has 0 aromatic heterocycles. The summed E-state index contributed by atoms with van der Waals surface area (Å²) in [5.74, 6) is 1.53. The first-order valence-corrected chi connectivity index (χ1v) is 10.0. The molecular weight excluding hydrogens is 396 g/mol. The number of ether oxygens (including phenoxy) is 3. The Morgan fingerprint density at radius 3 is 2.64 bits per heavy atom. The first-order chi connectivity index (χ1) is 13.6. The molecule has 3 rings (SSSR count). The summed E-state index contributed by atoms with van der Waals surface area (Å²) in [4.78, 5) is 2.12. The van der Waals surface area contributed by atoms with Crippen LogP contribution in [0.5, 0.6) is 11.5 Å². The molecule has 1 unspecified atom stereocenters. The molecule has 150 valence electrons. The van der Waals surface area contributed by atoms with Gasteiger partial charge >= 0.3 is 0 Å². The van der Waals surface area contributed by atoms with Crippen LogP contribution in [-0.4, -0.2) is 43.5 Å². The third kappa shape index (κ3) is 5.50. The molecule has 0 aliphatic carbocycles. The Kier molecular flexibility index (Phi) is 7.36. The summed E-state index contributed by atoms with van der Waals surface area (Å²) in [5, 5.41) is 4.63. The fraction of sp³-hybridized carbons (Fsp3) is 0.381. The van der Waals surface area contributed by atoms with Crippen LogP contribution in [0.4, 0.5) is 5.69 Å². The third-order valence-corrected chi connectivity index (χ3v) is 5.30. The smallest absolute Gasteiger partial charge is 0.173 e. The van der Waals surface area contributed by atoms with Crippen molar-refractivity contribution in [3.05, 3.63) is 53.1 Å². The summed E-state index contributed by atoms with van der Waals surface area (Å²) in [7, 11) is 3.30. The van der Waals surface area contributed by atoms with Crippen LogP contribution in [-0.2, 0) is 11.3 Å². The van der Waals surface area contributed by atoms with Crippen molar-refractivity contribution in [3.63, 3.8) is 0 Å². The van der Waals surface area contributed by atoms with Crippen LogP contribution in [0.2, 0.25) is 5.02 Å². The standard InChI is InChI=1S/C21H25ClN2O3S/c1-25-18-10-5-15(20(12-18)26-2)13-24(14-19-4-3-11-27-19)21(28)23-17-8-6-16(22)7-9-17/h5-10,12,19H,3-4,11,13-14H2,1-2H3,(H,23,28). The fourth-order valence-electron chi connectivity index (χ4n) is 3.18. The number of anilines is 1.